The van der Waals surface area contributed by atoms with Gasteiger partial charge in [-0.05, 0) is 28.1 Å². The topological polar surface area (TPSA) is 51.0 Å². The van der Waals surface area contributed by atoms with Crippen molar-refractivity contribution in [2.75, 3.05) is 14.2 Å². The monoisotopic (exact) mass is 259 g/mol. The molecule has 0 aliphatic heterocycles. The Morgan fingerprint density at radius 1 is 1.36 bits per heavy atom. The van der Waals surface area contributed by atoms with Crippen LogP contribution in [0.4, 0.5) is 0 Å². The smallest absolute Gasteiger partial charge is 0.170 e. The van der Waals surface area contributed by atoms with Gasteiger partial charge in [0.1, 0.15) is 0 Å². The van der Waals surface area contributed by atoms with Crippen LogP contribution in [0, 0.1) is 0 Å². The zero-order chi connectivity index (χ0) is 10.6. The molecule has 5 heteroatoms. The molecule has 0 spiro atoms. The fourth-order valence-corrected chi connectivity index (χ4v) is 1.52. The number of hydrogen-bond acceptors (Lipinski definition) is 4. The highest BCUT2D eigenvalue weighted by Gasteiger charge is 2.11. The van der Waals surface area contributed by atoms with E-state index in [9.17, 15) is 0 Å². The van der Waals surface area contributed by atoms with E-state index in [1.54, 1.807) is 19.2 Å². The minimum absolute atomic E-state index is 0.527. The largest absolute Gasteiger partial charge is 0.493 e. The van der Waals surface area contributed by atoms with E-state index in [-0.39, 0.29) is 0 Å². The van der Waals surface area contributed by atoms with Crippen LogP contribution in [0.2, 0.25) is 0 Å². The number of hydrogen-bond donors (Lipinski definition) is 1. The number of rotatable bonds is 3. The molecule has 76 valence electrons. The highest BCUT2D eigenvalue weighted by Crippen LogP contribution is 2.34. The van der Waals surface area contributed by atoms with Crippen LogP contribution in [0.25, 0.3) is 0 Å². The SMILES string of the molecule is COc1ccc(Br)c(C=NO)c1OC. The summed E-state index contributed by atoms with van der Waals surface area (Å²) in [4.78, 5) is 0. The molecule has 0 radical (unpaired) electrons. The predicted octanol–water partition coefficient (Wildman–Crippen LogP) is 2.27. The number of halogens is 1. The van der Waals surface area contributed by atoms with Gasteiger partial charge < -0.3 is 14.7 Å². The fourth-order valence-electron chi connectivity index (χ4n) is 1.10. The molecule has 0 unspecified atom stereocenters. The summed E-state index contributed by atoms with van der Waals surface area (Å²) in [5.74, 6) is 1.12. The van der Waals surface area contributed by atoms with Gasteiger partial charge in [0.05, 0.1) is 26.0 Å². The van der Waals surface area contributed by atoms with Crippen LogP contribution in [0.5, 0.6) is 11.5 Å². The van der Waals surface area contributed by atoms with Gasteiger partial charge in [0.2, 0.25) is 0 Å². The molecule has 1 aromatic rings. The molecule has 1 N–H and O–H groups in total. The lowest BCUT2D eigenvalue weighted by atomic mass is 10.2. The van der Waals surface area contributed by atoms with Gasteiger partial charge >= 0.3 is 0 Å². The Hall–Kier alpha value is -1.23. The van der Waals surface area contributed by atoms with Gasteiger partial charge in [0.25, 0.3) is 0 Å². The minimum atomic E-state index is 0.527. The maximum absolute atomic E-state index is 8.48. The second-order valence-corrected chi connectivity index (χ2v) is 3.30. The number of oxime groups is 1. The number of benzene rings is 1. The summed E-state index contributed by atoms with van der Waals surface area (Å²) in [6.45, 7) is 0. The van der Waals surface area contributed by atoms with Gasteiger partial charge in [-0.3, -0.25) is 0 Å². The molecule has 0 aromatic heterocycles. The standard InChI is InChI=1S/C9H10BrNO3/c1-13-8-4-3-7(10)6(5-11-12)9(8)14-2/h3-5,12H,1-2H3. The molecule has 0 atom stereocenters. The summed E-state index contributed by atoms with van der Waals surface area (Å²) in [6, 6.07) is 3.55. The summed E-state index contributed by atoms with van der Waals surface area (Å²) >= 11 is 3.31. The molecule has 0 aliphatic carbocycles. The van der Waals surface area contributed by atoms with Crippen molar-refractivity contribution in [1.29, 1.82) is 0 Å². The molecular weight excluding hydrogens is 250 g/mol. The number of methoxy groups -OCH3 is 2. The van der Waals surface area contributed by atoms with Gasteiger partial charge in [-0.25, -0.2) is 0 Å². The van der Waals surface area contributed by atoms with Gasteiger partial charge in [-0.1, -0.05) is 5.16 Å². The molecule has 0 heterocycles. The predicted molar refractivity (Wildman–Crippen MR) is 56.6 cm³/mol. The van der Waals surface area contributed by atoms with Gasteiger partial charge in [0.15, 0.2) is 11.5 Å². The Bertz CT molecular complexity index is 352. The van der Waals surface area contributed by atoms with E-state index in [0.717, 1.165) is 4.47 Å². The first-order chi connectivity index (χ1) is 6.74. The molecule has 4 nitrogen and oxygen atoms in total. The van der Waals surface area contributed by atoms with Crippen LogP contribution < -0.4 is 9.47 Å². The van der Waals surface area contributed by atoms with Crippen molar-refractivity contribution >= 4 is 22.1 Å². The van der Waals surface area contributed by atoms with Crippen molar-refractivity contribution < 1.29 is 14.7 Å². The highest BCUT2D eigenvalue weighted by molar-refractivity contribution is 9.10. The molecule has 1 aromatic carbocycles. The summed E-state index contributed by atoms with van der Waals surface area (Å²) in [7, 11) is 3.07. The molecule has 0 fully saturated rings. The zero-order valence-corrected chi connectivity index (χ0v) is 9.41. The molecule has 0 amide bonds. The van der Waals surface area contributed by atoms with E-state index in [1.165, 1.54) is 13.3 Å². The van der Waals surface area contributed by atoms with Gasteiger partial charge in [-0.2, -0.15) is 0 Å². The quantitative estimate of drug-likeness (QED) is 0.515. The molecule has 0 saturated heterocycles. The molecular formula is C9H10BrNO3. The van der Waals surface area contributed by atoms with Crippen LogP contribution >= 0.6 is 15.9 Å². The van der Waals surface area contributed by atoms with Crippen LogP contribution in [-0.4, -0.2) is 25.6 Å². The Kier molecular flexibility index (Phi) is 3.76. The molecule has 0 bridgehead atoms. The highest BCUT2D eigenvalue weighted by atomic mass is 79.9. The van der Waals surface area contributed by atoms with E-state index >= 15 is 0 Å². The van der Waals surface area contributed by atoms with E-state index in [2.05, 4.69) is 21.1 Å². The molecule has 14 heavy (non-hydrogen) atoms. The third-order valence-corrected chi connectivity index (χ3v) is 2.41. The lowest BCUT2D eigenvalue weighted by Gasteiger charge is -2.10. The third-order valence-electron chi connectivity index (χ3n) is 1.72. The van der Waals surface area contributed by atoms with Crippen LogP contribution in [0.15, 0.2) is 21.8 Å². The van der Waals surface area contributed by atoms with Gasteiger partial charge in [0, 0.05) is 4.47 Å². The molecule has 1 rings (SSSR count). The normalized spacial score (nSPS) is 10.5. The first kappa shape index (κ1) is 10.8. The second kappa shape index (κ2) is 4.85. The maximum atomic E-state index is 8.48. The van der Waals surface area contributed by atoms with Crippen LogP contribution in [0.1, 0.15) is 5.56 Å². The summed E-state index contributed by atoms with van der Waals surface area (Å²) in [5.41, 5.74) is 0.634. The summed E-state index contributed by atoms with van der Waals surface area (Å²) in [5, 5.41) is 11.4. The zero-order valence-electron chi connectivity index (χ0n) is 7.82. The van der Waals surface area contributed by atoms with E-state index < -0.39 is 0 Å². The second-order valence-electron chi connectivity index (χ2n) is 2.44. The van der Waals surface area contributed by atoms with Crippen LogP contribution in [-0.2, 0) is 0 Å². The van der Waals surface area contributed by atoms with E-state index in [1.807, 2.05) is 0 Å². The van der Waals surface area contributed by atoms with E-state index in [0.29, 0.717) is 17.1 Å². The number of ether oxygens (including phenoxy) is 2. The van der Waals surface area contributed by atoms with Crippen molar-refractivity contribution in [3.8, 4) is 11.5 Å². The lowest BCUT2D eigenvalue weighted by molar-refractivity contribution is 0.321. The van der Waals surface area contributed by atoms with Crippen LogP contribution in [0.3, 0.4) is 0 Å². The fraction of sp³-hybridized carbons (Fsp3) is 0.222. The Morgan fingerprint density at radius 2 is 2.07 bits per heavy atom. The van der Waals surface area contributed by atoms with Crippen molar-refractivity contribution in [3.05, 3.63) is 22.2 Å². The van der Waals surface area contributed by atoms with Crippen molar-refractivity contribution in [3.63, 3.8) is 0 Å². The first-order valence-corrected chi connectivity index (χ1v) is 4.61. The molecule has 0 aliphatic rings. The molecule has 0 saturated carbocycles. The Morgan fingerprint density at radius 3 is 2.57 bits per heavy atom. The van der Waals surface area contributed by atoms with Crippen molar-refractivity contribution in [2.45, 2.75) is 0 Å². The van der Waals surface area contributed by atoms with Gasteiger partial charge in [-0.15, -0.1) is 0 Å². The van der Waals surface area contributed by atoms with Crippen molar-refractivity contribution in [1.82, 2.24) is 0 Å². The average Bonchev–Trinajstić information content (AvgIpc) is 2.21. The average molecular weight is 260 g/mol. The minimum Gasteiger partial charge on any atom is -0.493 e. The van der Waals surface area contributed by atoms with Crippen molar-refractivity contribution in [2.24, 2.45) is 5.16 Å². The Labute approximate surface area is 90.3 Å². The Balaban J connectivity index is 3.34. The lowest BCUT2D eigenvalue weighted by Crippen LogP contribution is -1.96. The summed E-state index contributed by atoms with van der Waals surface area (Å²) < 4.78 is 11.0. The number of nitrogens with zero attached hydrogens (tertiary/aromatic N) is 1. The third kappa shape index (κ3) is 1.98. The van der Waals surface area contributed by atoms with E-state index in [4.69, 9.17) is 14.7 Å². The maximum Gasteiger partial charge on any atom is 0.170 e. The first-order valence-electron chi connectivity index (χ1n) is 3.82. The summed E-state index contributed by atoms with van der Waals surface area (Å²) in [6.07, 6.45) is 1.28.